The van der Waals surface area contributed by atoms with Crippen molar-refractivity contribution in [2.45, 2.75) is 13.1 Å². The molecule has 2 aromatic carbocycles. The number of hydrogen-bond donors (Lipinski definition) is 1. The van der Waals surface area contributed by atoms with Gasteiger partial charge >= 0.3 is 0 Å². The van der Waals surface area contributed by atoms with Crippen LogP contribution < -0.4 is 5.73 Å². The van der Waals surface area contributed by atoms with Crippen LogP contribution in [-0.4, -0.2) is 11.9 Å². The Balaban J connectivity index is 2.01. The first kappa shape index (κ1) is 14.4. The van der Waals surface area contributed by atoms with Gasteiger partial charge in [-0.2, -0.15) is 0 Å². The van der Waals surface area contributed by atoms with E-state index in [1.165, 1.54) is 11.1 Å². The Bertz CT molecular complexity index is 572. The van der Waals surface area contributed by atoms with Crippen molar-refractivity contribution in [2.75, 3.05) is 12.8 Å². The smallest absolute Gasteiger partial charge is 0.0635 e. The molecular weight excluding hydrogens is 324 g/mol. The van der Waals surface area contributed by atoms with Crippen molar-refractivity contribution >= 4 is 33.2 Å². The fraction of sp³-hybridized carbons (Fsp3) is 0.200. The van der Waals surface area contributed by atoms with Gasteiger partial charge < -0.3 is 5.73 Å². The van der Waals surface area contributed by atoms with Crippen LogP contribution in [0.1, 0.15) is 11.1 Å². The van der Waals surface area contributed by atoms with Gasteiger partial charge in [0, 0.05) is 17.6 Å². The van der Waals surface area contributed by atoms with Crippen molar-refractivity contribution in [3.8, 4) is 0 Å². The molecule has 0 aromatic heterocycles. The zero-order valence-electron chi connectivity index (χ0n) is 10.7. The van der Waals surface area contributed by atoms with Crippen molar-refractivity contribution in [1.29, 1.82) is 0 Å². The molecule has 0 aliphatic heterocycles. The molecule has 0 bridgehead atoms. The van der Waals surface area contributed by atoms with E-state index in [9.17, 15) is 0 Å². The molecule has 0 saturated carbocycles. The molecule has 0 fully saturated rings. The number of hydrogen-bond acceptors (Lipinski definition) is 2. The molecule has 0 aliphatic rings. The molecule has 0 atom stereocenters. The molecule has 2 aromatic rings. The van der Waals surface area contributed by atoms with Crippen LogP contribution in [0.15, 0.2) is 46.9 Å². The third kappa shape index (κ3) is 4.23. The maximum Gasteiger partial charge on any atom is 0.0635 e. The minimum absolute atomic E-state index is 0.610. The maximum absolute atomic E-state index is 5.92. The van der Waals surface area contributed by atoms with E-state index in [1.807, 2.05) is 30.3 Å². The van der Waals surface area contributed by atoms with Crippen LogP contribution in [-0.2, 0) is 13.1 Å². The highest BCUT2D eigenvalue weighted by atomic mass is 79.9. The Labute approximate surface area is 127 Å². The number of rotatable bonds is 4. The van der Waals surface area contributed by atoms with Gasteiger partial charge in [0.2, 0.25) is 0 Å². The summed E-state index contributed by atoms with van der Waals surface area (Å²) < 4.78 is 1.11. The third-order valence-corrected chi connectivity index (χ3v) is 3.69. The molecule has 19 heavy (non-hydrogen) atoms. The van der Waals surface area contributed by atoms with Crippen LogP contribution in [0.25, 0.3) is 0 Å². The van der Waals surface area contributed by atoms with Gasteiger partial charge in [-0.25, -0.2) is 0 Å². The number of benzene rings is 2. The summed E-state index contributed by atoms with van der Waals surface area (Å²) in [6.45, 7) is 1.73. The van der Waals surface area contributed by atoms with Gasteiger partial charge in [0.25, 0.3) is 0 Å². The standard InChI is InChI=1S/C15H16BrClN2/c1-19(9-11-3-2-4-13(16)7-11)10-12-5-6-14(17)15(18)8-12/h2-8H,9-10,18H2,1H3. The summed E-state index contributed by atoms with van der Waals surface area (Å²) in [6, 6.07) is 14.1. The quantitative estimate of drug-likeness (QED) is 0.841. The second-order valence-corrected chi connectivity index (χ2v) is 5.98. The third-order valence-electron chi connectivity index (χ3n) is 2.85. The predicted octanol–water partition coefficient (Wildman–Crippen LogP) is 4.32. The predicted molar refractivity (Wildman–Crippen MR) is 85.2 cm³/mol. The summed E-state index contributed by atoms with van der Waals surface area (Å²) in [5.74, 6) is 0. The normalized spacial score (nSPS) is 10.9. The van der Waals surface area contributed by atoms with Gasteiger partial charge in [-0.1, -0.05) is 45.7 Å². The van der Waals surface area contributed by atoms with E-state index >= 15 is 0 Å². The van der Waals surface area contributed by atoms with Crippen LogP contribution in [0.4, 0.5) is 5.69 Å². The summed E-state index contributed by atoms with van der Waals surface area (Å²) in [7, 11) is 2.09. The molecule has 0 saturated heterocycles. The first-order chi connectivity index (χ1) is 9.04. The van der Waals surface area contributed by atoms with Crippen molar-refractivity contribution < 1.29 is 0 Å². The molecule has 0 spiro atoms. The number of nitrogens with zero attached hydrogens (tertiary/aromatic N) is 1. The molecule has 2 N–H and O–H groups in total. The first-order valence-corrected chi connectivity index (χ1v) is 7.18. The van der Waals surface area contributed by atoms with Crippen molar-refractivity contribution in [1.82, 2.24) is 4.90 Å². The molecule has 4 heteroatoms. The molecule has 0 radical (unpaired) electrons. The van der Waals surface area contributed by atoms with Gasteiger partial charge in [-0.15, -0.1) is 0 Å². The van der Waals surface area contributed by atoms with Gasteiger partial charge in [0.15, 0.2) is 0 Å². The Morgan fingerprint density at radius 3 is 2.42 bits per heavy atom. The fourth-order valence-corrected chi connectivity index (χ4v) is 2.57. The largest absolute Gasteiger partial charge is 0.398 e. The van der Waals surface area contributed by atoms with E-state index in [-0.39, 0.29) is 0 Å². The van der Waals surface area contributed by atoms with Crippen LogP contribution in [0.5, 0.6) is 0 Å². The molecule has 100 valence electrons. The van der Waals surface area contributed by atoms with Crippen LogP contribution in [0.2, 0.25) is 5.02 Å². The van der Waals surface area contributed by atoms with Crippen molar-refractivity contribution in [3.63, 3.8) is 0 Å². The second kappa shape index (κ2) is 6.42. The highest BCUT2D eigenvalue weighted by molar-refractivity contribution is 9.10. The Kier molecular flexibility index (Phi) is 4.86. The molecule has 0 heterocycles. The van der Waals surface area contributed by atoms with Gasteiger partial charge in [0.05, 0.1) is 10.7 Å². The van der Waals surface area contributed by atoms with E-state index in [0.29, 0.717) is 10.7 Å². The molecule has 2 nitrogen and oxygen atoms in total. The van der Waals surface area contributed by atoms with Crippen molar-refractivity contribution in [2.24, 2.45) is 0 Å². The lowest BCUT2D eigenvalue weighted by Gasteiger charge is -2.17. The SMILES string of the molecule is CN(Cc1cccc(Br)c1)Cc1ccc(Cl)c(N)c1. The summed E-state index contributed by atoms with van der Waals surface area (Å²) in [6.07, 6.45) is 0. The zero-order chi connectivity index (χ0) is 13.8. The van der Waals surface area contributed by atoms with E-state index < -0.39 is 0 Å². The van der Waals surface area contributed by atoms with Crippen LogP contribution in [0.3, 0.4) is 0 Å². The fourth-order valence-electron chi connectivity index (χ4n) is 2.01. The van der Waals surface area contributed by atoms with Gasteiger partial charge in [-0.05, 0) is 42.4 Å². The number of anilines is 1. The number of nitrogen functional groups attached to an aromatic ring is 1. The summed E-state index contributed by atoms with van der Waals surface area (Å²) in [4.78, 5) is 2.24. The molecular formula is C15H16BrClN2. The number of halogens is 2. The van der Waals surface area contributed by atoms with E-state index in [1.54, 1.807) is 0 Å². The average molecular weight is 340 g/mol. The molecule has 0 unspecified atom stereocenters. The van der Waals surface area contributed by atoms with Crippen LogP contribution >= 0.6 is 27.5 Å². The monoisotopic (exact) mass is 338 g/mol. The highest BCUT2D eigenvalue weighted by Crippen LogP contribution is 2.20. The van der Waals surface area contributed by atoms with E-state index in [4.69, 9.17) is 17.3 Å². The Morgan fingerprint density at radius 2 is 1.79 bits per heavy atom. The van der Waals surface area contributed by atoms with E-state index in [0.717, 1.165) is 17.6 Å². The lowest BCUT2D eigenvalue weighted by atomic mass is 10.1. The van der Waals surface area contributed by atoms with Crippen LogP contribution in [0, 0.1) is 0 Å². The molecule has 2 rings (SSSR count). The highest BCUT2D eigenvalue weighted by Gasteiger charge is 2.04. The first-order valence-electron chi connectivity index (χ1n) is 6.01. The minimum atomic E-state index is 0.610. The Hall–Kier alpha value is -1.03. The maximum atomic E-state index is 5.92. The van der Waals surface area contributed by atoms with Gasteiger partial charge in [0.1, 0.15) is 0 Å². The average Bonchev–Trinajstić information content (AvgIpc) is 2.34. The van der Waals surface area contributed by atoms with Gasteiger partial charge in [-0.3, -0.25) is 4.90 Å². The Morgan fingerprint density at radius 1 is 1.11 bits per heavy atom. The minimum Gasteiger partial charge on any atom is -0.398 e. The summed E-state index contributed by atoms with van der Waals surface area (Å²) >= 11 is 9.41. The lowest BCUT2D eigenvalue weighted by molar-refractivity contribution is 0.319. The molecule has 0 aliphatic carbocycles. The van der Waals surface area contributed by atoms with Crippen molar-refractivity contribution in [3.05, 3.63) is 63.1 Å². The summed E-state index contributed by atoms with van der Waals surface area (Å²) in [5.41, 5.74) is 8.89. The molecule has 0 amide bonds. The number of nitrogens with two attached hydrogens (primary N) is 1. The topological polar surface area (TPSA) is 29.3 Å². The zero-order valence-corrected chi connectivity index (χ0v) is 13.1. The lowest BCUT2D eigenvalue weighted by Crippen LogP contribution is -2.17. The summed E-state index contributed by atoms with van der Waals surface area (Å²) in [5, 5.41) is 0.610. The van der Waals surface area contributed by atoms with E-state index in [2.05, 4.69) is 40.0 Å². The second-order valence-electron chi connectivity index (χ2n) is 4.66.